The molecule has 2 N–H and O–H groups in total. The third-order valence-corrected chi connectivity index (χ3v) is 4.80. The first-order valence-corrected chi connectivity index (χ1v) is 8.67. The molecule has 2 aliphatic rings. The predicted molar refractivity (Wildman–Crippen MR) is 95.1 cm³/mol. The maximum Gasteiger partial charge on any atom is 0.264 e. The van der Waals surface area contributed by atoms with E-state index >= 15 is 0 Å². The summed E-state index contributed by atoms with van der Waals surface area (Å²) in [7, 11) is 0. The van der Waals surface area contributed by atoms with E-state index in [0.717, 1.165) is 29.8 Å². The summed E-state index contributed by atoms with van der Waals surface area (Å²) in [5, 5.41) is 3.80. The minimum Gasteiger partial charge on any atom is -0.479 e. The van der Waals surface area contributed by atoms with Crippen molar-refractivity contribution in [3.05, 3.63) is 51.4 Å². The van der Waals surface area contributed by atoms with Gasteiger partial charge in [0.2, 0.25) is 5.56 Å². The molecular formula is C18H18ClN3O3. The molecule has 7 heteroatoms. The number of hydrogen-bond acceptors (Lipinski definition) is 4. The number of H-pyrrole nitrogens is 1. The summed E-state index contributed by atoms with van der Waals surface area (Å²) >= 11 is 6.25. The molecule has 6 nitrogen and oxygen atoms in total. The number of benzene rings is 1. The lowest BCUT2D eigenvalue weighted by Crippen LogP contribution is -2.50. The molecule has 0 spiro atoms. The number of carbonyl (C=O) groups excluding carboxylic acids is 1. The van der Waals surface area contributed by atoms with Crippen LogP contribution in [0.5, 0.6) is 5.75 Å². The fourth-order valence-corrected chi connectivity index (χ4v) is 3.62. The Morgan fingerprint density at radius 1 is 1.24 bits per heavy atom. The first-order valence-electron chi connectivity index (χ1n) is 8.29. The van der Waals surface area contributed by atoms with Crippen LogP contribution in [-0.4, -0.2) is 48.1 Å². The lowest BCUT2D eigenvalue weighted by Gasteiger charge is -2.29. The number of ether oxygens (including phenoxy) is 1. The molecule has 4 rings (SSSR count). The summed E-state index contributed by atoms with van der Waals surface area (Å²) in [5.41, 5.74) is 2.16. The summed E-state index contributed by atoms with van der Waals surface area (Å²) in [4.78, 5) is 28.8. The molecule has 1 aromatic carbocycles. The molecule has 3 heterocycles. The predicted octanol–water partition coefficient (Wildman–Crippen LogP) is 1.43. The summed E-state index contributed by atoms with van der Waals surface area (Å²) < 4.78 is 6.02. The third-order valence-electron chi connectivity index (χ3n) is 4.59. The van der Waals surface area contributed by atoms with Gasteiger partial charge in [-0.3, -0.25) is 9.59 Å². The highest BCUT2D eigenvalue weighted by Gasteiger charge is 2.34. The average molecular weight is 360 g/mol. The maximum atomic E-state index is 12.7. The van der Waals surface area contributed by atoms with E-state index in [1.165, 1.54) is 6.07 Å². The fourth-order valence-electron chi connectivity index (χ4n) is 3.38. The summed E-state index contributed by atoms with van der Waals surface area (Å²) in [6, 6.07) is 6.90. The van der Waals surface area contributed by atoms with Crippen molar-refractivity contribution in [3.8, 4) is 16.9 Å². The number of aromatic amines is 1. The molecule has 2 aromatic rings. The van der Waals surface area contributed by atoms with Crippen LogP contribution in [0.2, 0.25) is 5.02 Å². The lowest BCUT2D eigenvalue weighted by molar-refractivity contribution is -0.138. The van der Waals surface area contributed by atoms with Crippen molar-refractivity contribution >= 4 is 17.5 Å². The van der Waals surface area contributed by atoms with Crippen LogP contribution in [0.15, 0.2) is 35.3 Å². The van der Waals surface area contributed by atoms with Gasteiger partial charge in [-0.2, -0.15) is 0 Å². The highest BCUT2D eigenvalue weighted by atomic mass is 35.5. The number of carbonyl (C=O) groups is 1. The highest BCUT2D eigenvalue weighted by Crippen LogP contribution is 2.41. The Morgan fingerprint density at radius 2 is 2.04 bits per heavy atom. The Morgan fingerprint density at radius 3 is 2.80 bits per heavy atom. The molecule has 2 aliphatic heterocycles. The molecule has 0 unspecified atom stereocenters. The van der Waals surface area contributed by atoms with Crippen molar-refractivity contribution in [2.75, 3.05) is 26.2 Å². The van der Waals surface area contributed by atoms with E-state index in [2.05, 4.69) is 10.3 Å². The number of halogens is 1. The van der Waals surface area contributed by atoms with Gasteiger partial charge < -0.3 is 19.9 Å². The van der Waals surface area contributed by atoms with Crippen molar-refractivity contribution in [1.29, 1.82) is 0 Å². The van der Waals surface area contributed by atoms with Crippen LogP contribution in [0.1, 0.15) is 5.56 Å². The third kappa shape index (κ3) is 3.15. The van der Waals surface area contributed by atoms with Crippen LogP contribution in [0.3, 0.4) is 0 Å². The van der Waals surface area contributed by atoms with Gasteiger partial charge in [0.15, 0.2) is 6.10 Å². The zero-order chi connectivity index (χ0) is 17.4. The monoisotopic (exact) mass is 359 g/mol. The number of piperazine rings is 1. The molecule has 0 saturated carbocycles. The van der Waals surface area contributed by atoms with E-state index in [4.69, 9.17) is 16.3 Å². The van der Waals surface area contributed by atoms with Gasteiger partial charge in [-0.05, 0) is 23.8 Å². The van der Waals surface area contributed by atoms with E-state index in [9.17, 15) is 9.59 Å². The first-order chi connectivity index (χ1) is 12.1. The number of hydrogen-bond donors (Lipinski definition) is 2. The molecule has 1 aromatic heterocycles. The van der Waals surface area contributed by atoms with Gasteiger partial charge >= 0.3 is 0 Å². The number of rotatable bonds is 2. The summed E-state index contributed by atoms with van der Waals surface area (Å²) in [6.45, 7) is 2.98. The van der Waals surface area contributed by atoms with Crippen LogP contribution in [0.4, 0.5) is 0 Å². The average Bonchev–Trinajstić information content (AvgIpc) is 3.05. The van der Waals surface area contributed by atoms with Crippen LogP contribution in [0, 0.1) is 0 Å². The van der Waals surface area contributed by atoms with Crippen molar-refractivity contribution in [1.82, 2.24) is 15.2 Å². The second-order valence-corrected chi connectivity index (χ2v) is 6.71. The molecule has 1 atom stereocenters. The van der Waals surface area contributed by atoms with Crippen molar-refractivity contribution in [2.45, 2.75) is 12.5 Å². The van der Waals surface area contributed by atoms with Crippen LogP contribution >= 0.6 is 11.6 Å². The SMILES string of the molecule is O=C([C@H]1Cc2cc(Cl)cc(-c3cc[nH]c(=O)c3)c2O1)N1CCNCC1. The van der Waals surface area contributed by atoms with Crippen molar-refractivity contribution in [2.24, 2.45) is 0 Å². The van der Waals surface area contributed by atoms with E-state index in [0.29, 0.717) is 30.3 Å². The number of amides is 1. The number of fused-ring (bicyclic) bond motifs is 1. The lowest BCUT2D eigenvalue weighted by atomic mass is 10.0. The first kappa shape index (κ1) is 16.2. The van der Waals surface area contributed by atoms with E-state index < -0.39 is 6.10 Å². The molecule has 1 saturated heterocycles. The largest absolute Gasteiger partial charge is 0.479 e. The van der Waals surface area contributed by atoms with Gasteiger partial charge in [0.05, 0.1) is 0 Å². The van der Waals surface area contributed by atoms with Gasteiger partial charge in [0.25, 0.3) is 5.91 Å². The minimum absolute atomic E-state index is 0.00526. The second-order valence-electron chi connectivity index (χ2n) is 6.27. The fraction of sp³-hybridized carbons (Fsp3) is 0.333. The molecule has 130 valence electrons. The van der Waals surface area contributed by atoms with Gasteiger partial charge in [0.1, 0.15) is 5.75 Å². The zero-order valence-electron chi connectivity index (χ0n) is 13.5. The number of nitrogens with one attached hydrogen (secondary N) is 2. The Kier molecular flexibility index (Phi) is 4.23. The Bertz CT molecular complexity index is 874. The van der Waals surface area contributed by atoms with E-state index in [-0.39, 0.29) is 11.5 Å². The topological polar surface area (TPSA) is 74.4 Å². The summed E-state index contributed by atoms with van der Waals surface area (Å²) in [5.74, 6) is 0.647. The molecular weight excluding hydrogens is 342 g/mol. The smallest absolute Gasteiger partial charge is 0.264 e. The minimum atomic E-state index is -0.535. The van der Waals surface area contributed by atoms with E-state index in [1.54, 1.807) is 18.3 Å². The Balaban J connectivity index is 1.66. The Labute approximate surface area is 149 Å². The van der Waals surface area contributed by atoms with Gasteiger partial charge in [-0.25, -0.2) is 0 Å². The number of pyridine rings is 1. The Hall–Kier alpha value is -2.31. The van der Waals surface area contributed by atoms with Crippen LogP contribution in [-0.2, 0) is 11.2 Å². The normalized spacial score (nSPS) is 19.4. The van der Waals surface area contributed by atoms with Gasteiger partial charge in [0, 0.05) is 61.0 Å². The quantitative estimate of drug-likeness (QED) is 0.850. The highest BCUT2D eigenvalue weighted by molar-refractivity contribution is 6.31. The molecule has 25 heavy (non-hydrogen) atoms. The zero-order valence-corrected chi connectivity index (χ0v) is 14.3. The van der Waals surface area contributed by atoms with E-state index in [1.807, 2.05) is 11.0 Å². The van der Waals surface area contributed by atoms with Crippen molar-refractivity contribution < 1.29 is 9.53 Å². The van der Waals surface area contributed by atoms with Gasteiger partial charge in [-0.15, -0.1) is 0 Å². The molecule has 0 bridgehead atoms. The van der Waals surface area contributed by atoms with Gasteiger partial charge in [-0.1, -0.05) is 11.6 Å². The molecule has 1 fully saturated rings. The molecule has 0 aliphatic carbocycles. The van der Waals surface area contributed by atoms with Crippen molar-refractivity contribution in [3.63, 3.8) is 0 Å². The number of nitrogens with zero attached hydrogens (tertiary/aromatic N) is 1. The standard InChI is InChI=1S/C18H18ClN3O3/c19-13-7-12-8-15(18(24)22-5-3-20-4-6-22)25-17(12)14(10-13)11-1-2-21-16(23)9-11/h1-2,7,9-10,15,20H,3-6,8H2,(H,21,23)/t15-/m1/s1. The van der Waals surface area contributed by atoms with Crippen LogP contribution < -0.4 is 15.6 Å². The molecule has 1 amide bonds. The molecule has 0 radical (unpaired) electrons. The maximum absolute atomic E-state index is 12.7. The van der Waals surface area contributed by atoms with Crippen LogP contribution in [0.25, 0.3) is 11.1 Å². The second kappa shape index (κ2) is 6.54. The number of aromatic nitrogens is 1. The summed E-state index contributed by atoms with van der Waals surface area (Å²) in [6.07, 6.45) is 1.55.